The normalized spacial score (nSPS) is 16.2. The fraction of sp³-hybridized carbons (Fsp3) is 0.462. The number of aliphatic hydroxyl groups excluding tert-OH is 1. The first-order valence-electron chi connectivity index (χ1n) is 6.11. The Kier molecular flexibility index (Phi) is 4.36. The zero-order valence-electron chi connectivity index (χ0n) is 11.1. The van der Waals surface area contributed by atoms with Crippen LogP contribution in [0.25, 0.3) is 0 Å². The lowest BCUT2D eigenvalue weighted by atomic mass is 10.1. The van der Waals surface area contributed by atoms with Crippen molar-refractivity contribution in [2.75, 3.05) is 13.2 Å². The molecule has 0 fully saturated rings. The van der Waals surface area contributed by atoms with Crippen molar-refractivity contribution in [3.8, 4) is 0 Å². The third-order valence-electron chi connectivity index (χ3n) is 2.97. The van der Waals surface area contributed by atoms with Gasteiger partial charge in [0.2, 0.25) is 0 Å². The molecule has 0 radical (unpaired) electrons. The van der Waals surface area contributed by atoms with Crippen molar-refractivity contribution in [1.82, 2.24) is 14.9 Å². The van der Waals surface area contributed by atoms with Gasteiger partial charge in [0.25, 0.3) is 0 Å². The maximum absolute atomic E-state index is 9.90. The van der Waals surface area contributed by atoms with Crippen LogP contribution in [0.5, 0.6) is 0 Å². The maximum atomic E-state index is 9.90. The zero-order chi connectivity index (χ0) is 13.9. The molecular weight excluding hydrogens is 262 g/mol. The molecule has 2 atom stereocenters. The highest BCUT2D eigenvalue weighted by Gasteiger charge is 2.24. The van der Waals surface area contributed by atoms with Crippen LogP contribution in [-0.2, 0) is 7.05 Å². The Balaban J connectivity index is 2.19. The van der Waals surface area contributed by atoms with E-state index in [0.29, 0.717) is 6.54 Å². The molecule has 2 aromatic heterocycles. The lowest BCUT2D eigenvalue weighted by molar-refractivity contribution is 0.00136. The maximum Gasteiger partial charge on any atom is 0.131 e. The quantitative estimate of drug-likeness (QED) is 0.736. The molecule has 0 bridgehead atoms. The summed E-state index contributed by atoms with van der Waals surface area (Å²) >= 11 is 1.64. The van der Waals surface area contributed by atoms with Crippen molar-refractivity contribution in [2.24, 2.45) is 7.05 Å². The van der Waals surface area contributed by atoms with Crippen LogP contribution in [0.15, 0.2) is 29.9 Å². The van der Waals surface area contributed by atoms with E-state index < -0.39 is 5.60 Å². The first kappa shape index (κ1) is 14.2. The summed E-state index contributed by atoms with van der Waals surface area (Å²) in [6.45, 7) is 1.61. The first-order valence-corrected chi connectivity index (χ1v) is 6.99. The number of hydrogen-bond donors (Lipinski definition) is 3. The van der Waals surface area contributed by atoms with Gasteiger partial charge in [-0.2, -0.15) is 0 Å². The van der Waals surface area contributed by atoms with E-state index >= 15 is 0 Å². The van der Waals surface area contributed by atoms with Crippen LogP contribution in [0.1, 0.15) is 23.7 Å². The number of aliphatic hydroxyl groups is 2. The lowest BCUT2D eigenvalue weighted by Crippen LogP contribution is -2.42. The summed E-state index contributed by atoms with van der Waals surface area (Å²) < 4.78 is 1.95. The first-order chi connectivity index (χ1) is 9.03. The fourth-order valence-corrected chi connectivity index (χ4v) is 2.60. The third kappa shape index (κ3) is 3.42. The van der Waals surface area contributed by atoms with E-state index in [-0.39, 0.29) is 12.6 Å². The minimum Gasteiger partial charge on any atom is -0.393 e. The number of nitrogens with zero attached hydrogens (tertiary/aromatic N) is 2. The molecule has 5 nitrogen and oxygen atoms in total. The highest BCUT2D eigenvalue weighted by Crippen LogP contribution is 2.25. The standard InChI is InChI=1S/C13H19N3O2S/c1-13(18,9-17)8-15-11(10-4-3-7-19-10)12-14-5-6-16(12)2/h3-7,11,15,17-18H,8-9H2,1-2H3. The van der Waals surface area contributed by atoms with Crippen LogP contribution >= 0.6 is 11.3 Å². The molecule has 104 valence electrons. The van der Waals surface area contributed by atoms with Gasteiger partial charge in [-0.25, -0.2) is 4.98 Å². The molecule has 2 aromatic rings. The van der Waals surface area contributed by atoms with Gasteiger partial charge < -0.3 is 20.1 Å². The molecule has 2 rings (SSSR count). The predicted octanol–water partition coefficient (Wildman–Crippen LogP) is 0.904. The summed E-state index contributed by atoms with van der Waals surface area (Å²) in [5.74, 6) is 0.885. The van der Waals surface area contributed by atoms with Gasteiger partial charge in [-0.05, 0) is 18.4 Å². The molecule has 0 aliphatic carbocycles. The number of thiophene rings is 1. The molecule has 6 heteroatoms. The zero-order valence-corrected chi connectivity index (χ0v) is 11.9. The third-order valence-corrected chi connectivity index (χ3v) is 3.91. The Morgan fingerprint density at radius 1 is 1.58 bits per heavy atom. The molecule has 0 saturated heterocycles. The summed E-state index contributed by atoms with van der Waals surface area (Å²) in [5.41, 5.74) is -1.14. The average molecular weight is 281 g/mol. The number of hydrogen-bond acceptors (Lipinski definition) is 5. The number of aryl methyl sites for hydroxylation is 1. The molecule has 3 N–H and O–H groups in total. The summed E-state index contributed by atoms with van der Waals surface area (Å²) in [4.78, 5) is 5.49. The van der Waals surface area contributed by atoms with Crippen LogP contribution in [-0.4, -0.2) is 38.5 Å². The molecule has 0 amide bonds. The Morgan fingerprint density at radius 3 is 2.89 bits per heavy atom. The van der Waals surface area contributed by atoms with Gasteiger partial charge in [0.15, 0.2) is 0 Å². The molecule has 2 heterocycles. The van der Waals surface area contributed by atoms with Gasteiger partial charge in [-0.3, -0.25) is 0 Å². The van der Waals surface area contributed by atoms with Crippen LogP contribution in [0.3, 0.4) is 0 Å². The van der Waals surface area contributed by atoms with E-state index in [9.17, 15) is 5.11 Å². The summed E-state index contributed by atoms with van der Waals surface area (Å²) in [5, 5.41) is 24.3. The van der Waals surface area contributed by atoms with E-state index in [0.717, 1.165) is 10.7 Å². The van der Waals surface area contributed by atoms with Crippen molar-refractivity contribution in [1.29, 1.82) is 0 Å². The van der Waals surface area contributed by atoms with E-state index in [1.807, 2.05) is 35.3 Å². The van der Waals surface area contributed by atoms with Crippen LogP contribution in [0.2, 0.25) is 0 Å². The molecule has 2 unspecified atom stereocenters. The summed E-state index contributed by atoms with van der Waals surface area (Å²) in [6, 6.07) is 3.94. The second-order valence-corrected chi connectivity index (χ2v) is 5.86. The van der Waals surface area contributed by atoms with Crippen LogP contribution in [0.4, 0.5) is 0 Å². The largest absolute Gasteiger partial charge is 0.393 e. The SMILES string of the molecule is Cn1ccnc1C(NCC(C)(O)CO)c1cccs1. The van der Waals surface area contributed by atoms with Gasteiger partial charge in [0.1, 0.15) is 11.9 Å². The minimum absolute atomic E-state index is 0.0852. The Labute approximate surface area is 116 Å². The van der Waals surface area contributed by atoms with E-state index in [1.54, 1.807) is 24.5 Å². The molecule has 0 aromatic carbocycles. The predicted molar refractivity (Wildman–Crippen MR) is 75.1 cm³/mol. The fourth-order valence-electron chi connectivity index (χ4n) is 1.81. The summed E-state index contributed by atoms with van der Waals surface area (Å²) in [7, 11) is 1.94. The monoisotopic (exact) mass is 281 g/mol. The van der Waals surface area contributed by atoms with Crippen LogP contribution < -0.4 is 5.32 Å². The number of imidazole rings is 1. The smallest absolute Gasteiger partial charge is 0.131 e. The van der Waals surface area contributed by atoms with Crippen molar-refractivity contribution in [2.45, 2.75) is 18.6 Å². The lowest BCUT2D eigenvalue weighted by Gasteiger charge is -2.25. The molecule has 0 aliphatic rings. The van der Waals surface area contributed by atoms with Gasteiger partial charge >= 0.3 is 0 Å². The minimum atomic E-state index is -1.14. The molecule has 0 saturated carbocycles. The van der Waals surface area contributed by atoms with Gasteiger partial charge in [-0.1, -0.05) is 6.07 Å². The number of rotatable bonds is 6. The van der Waals surface area contributed by atoms with Crippen molar-refractivity contribution >= 4 is 11.3 Å². The topological polar surface area (TPSA) is 70.3 Å². The highest BCUT2D eigenvalue weighted by atomic mass is 32.1. The number of nitrogens with one attached hydrogen (secondary N) is 1. The Hall–Kier alpha value is -1.21. The second kappa shape index (κ2) is 5.83. The molecule has 19 heavy (non-hydrogen) atoms. The molecular formula is C13H19N3O2S. The highest BCUT2D eigenvalue weighted by molar-refractivity contribution is 7.10. The van der Waals surface area contributed by atoms with Crippen molar-refractivity contribution in [3.63, 3.8) is 0 Å². The molecule has 0 aliphatic heterocycles. The van der Waals surface area contributed by atoms with Crippen LogP contribution in [0, 0.1) is 0 Å². The van der Waals surface area contributed by atoms with Gasteiger partial charge in [-0.15, -0.1) is 11.3 Å². The van der Waals surface area contributed by atoms with E-state index in [4.69, 9.17) is 5.11 Å². The van der Waals surface area contributed by atoms with Crippen molar-refractivity contribution < 1.29 is 10.2 Å². The Bertz CT molecular complexity index is 508. The Morgan fingerprint density at radius 2 is 2.37 bits per heavy atom. The number of aromatic nitrogens is 2. The van der Waals surface area contributed by atoms with E-state index in [2.05, 4.69) is 10.3 Å². The average Bonchev–Trinajstić information content (AvgIpc) is 3.02. The van der Waals surface area contributed by atoms with Gasteiger partial charge in [0.05, 0.1) is 12.2 Å². The second-order valence-electron chi connectivity index (χ2n) is 4.88. The molecule has 0 spiro atoms. The summed E-state index contributed by atoms with van der Waals surface area (Å²) in [6.07, 6.45) is 3.64. The van der Waals surface area contributed by atoms with Gasteiger partial charge in [0, 0.05) is 30.9 Å². The van der Waals surface area contributed by atoms with Crippen molar-refractivity contribution in [3.05, 3.63) is 40.6 Å². The van der Waals surface area contributed by atoms with E-state index in [1.165, 1.54) is 0 Å².